The Bertz CT molecular complexity index is 1580. The van der Waals surface area contributed by atoms with Crippen LogP contribution in [0.2, 0.25) is 0 Å². The molecule has 1 aromatic carbocycles. The molecule has 6 rings (SSSR count). The Labute approximate surface area is 243 Å². The van der Waals surface area contributed by atoms with E-state index in [0.717, 1.165) is 71.6 Å². The highest BCUT2D eigenvalue weighted by atomic mass is 32.1. The molecule has 1 fully saturated rings. The van der Waals surface area contributed by atoms with Gasteiger partial charge in [-0.1, -0.05) is 13.0 Å². The molecule has 1 saturated heterocycles. The smallest absolute Gasteiger partial charge is 0.246 e. The Kier molecular flexibility index (Phi) is 7.95. The summed E-state index contributed by atoms with van der Waals surface area (Å²) in [4.78, 5) is 32.9. The fraction of sp³-hybridized carbons (Fsp3) is 0.355. The topological polar surface area (TPSA) is 92.7 Å². The molecule has 10 heteroatoms. The van der Waals surface area contributed by atoms with Gasteiger partial charge in [-0.25, -0.2) is 9.97 Å². The third kappa shape index (κ3) is 6.09. The third-order valence-corrected chi connectivity index (χ3v) is 8.61. The summed E-state index contributed by atoms with van der Waals surface area (Å²) in [6, 6.07) is 9.85. The lowest BCUT2D eigenvalue weighted by Gasteiger charge is -2.31. The van der Waals surface area contributed by atoms with Crippen molar-refractivity contribution in [1.82, 2.24) is 24.8 Å². The number of aryl methyl sites for hydroxylation is 2. The molecular weight excluding hydrogens is 536 g/mol. The monoisotopic (exact) mass is 570 g/mol. The van der Waals surface area contributed by atoms with Crippen LogP contribution in [-0.4, -0.2) is 70.1 Å². The van der Waals surface area contributed by atoms with Crippen molar-refractivity contribution >= 4 is 39.0 Å². The van der Waals surface area contributed by atoms with E-state index in [0.29, 0.717) is 18.8 Å². The van der Waals surface area contributed by atoms with E-state index >= 15 is 0 Å². The van der Waals surface area contributed by atoms with Gasteiger partial charge in [-0.2, -0.15) is 0 Å². The molecule has 0 bridgehead atoms. The molecule has 1 amide bonds. The van der Waals surface area contributed by atoms with Crippen molar-refractivity contribution < 1.29 is 14.3 Å². The Morgan fingerprint density at radius 1 is 1.17 bits per heavy atom. The Balaban J connectivity index is 1.18. The highest BCUT2D eigenvalue weighted by molar-refractivity contribution is 7.19. The zero-order valence-corrected chi connectivity index (χ0v) is 24.4. The van der Waals surface area contributed by atoms with Gasteiger partial charge in [0.2, 0.25) is 5.91 Å². The molecule has 2 aliphatic heterocycles. The summed E-state index contributed by atoms with van der Waals surface area (Å²) in [5.41, 5.74) is 4.10. The minimum atomic E-state index is 0.0526. The summed E-state index contributed by atoms with van der Waals surface area (Å²) in [5.74, 6) is 2.48. The van der Waals surface area contributed by atoms with Crippen LogP contribution in [0.1, 0.15) is 34.5 Å². The van der Waals surface area contributed by atoms with Gasteiger partial charge < -0.3 is 19.7 Å². The van der Waals surface area contributed by atoms with Crippen LogP contribution < -0.4 is 10.1 Å². The Hall–Kier alpha value is -3.86. The van der Waals surface area contributed by atoms with Crippen molar-refractivity contribution in [2.45, 2.75) is 33.2 Å². The van der Waals surface area contributed by atoms with Crippen LogP contribution in [0, 0.1) is 13.8 Å². The van der Waals surface area contributed by atoms with E-state index in [2.05, 4.69) is 38.2 Å². The van der Waals surface area contributed by atoms with Crippen LogP contribution in [0.25, 0.3) is 10.2 Å². The summed E-state index contributed by atoms with van der Waals surface area (Å²) < 4.78 is 11.4. The van der Waals surface area contributed by atoms with Crippen LogP contribution in [0.3, 0.4) is 0 Å². The van der Waals surface area contributed by atoms with E-state index < -0.39 is 0 Å². The van der Waals surface area contributed by atoms with Gasteiger partial charge in [-0.05, 0) is 55.3 Å². The van der Waals surface area contributed by atoms with Crippen molar-refractivity contribution in [1.29, 1.82) is 0 Å². The van der Waals surface area contributed by atoms with E-state index in [4.69, 9.17) is 9.47 Å². The number of fused-ring (bicyclic) bond motifs is 3. The van der Waals surface area contributed by atoms with E-state index in [1.807, 2.05) is 49.1 Å². The van der Waals surface area contributed by atoms with Crippen LogP contribution in [0.5, 0.6) is 11.5 Å². The largest absolute Gasteiger partial charge is 0.455 e. The first-order chi connectivity index (χ1) is 19.9. The summed E-state index contributed by atoms with van der Waals surface area (Å²) in [6.07, 6.45) is 7.03. The average molecular weight is 571 g/mol. The predicted molar refractivity (Wildman–Crippen MR) is 161 cm³/mol. The summed E-state index contributed by atoms with van der Waals surface area (Å²) in [5, 5.41) is 4.56. The van der Waals surface area contributed by atoms with Gasteiger partial charge in [-0.15, -0.1) is 11.3 Å². The first-order valence-electron chi connectivity index (χ1n) is 13.9. The normalized spacial score (nSPS) is 17.6. The minimum absolute atomic E-state index is 0.0526. The fourth-order valence-electron chi connectivity index (χ4n) is 5.37. The average Bonchev–Trinajstić information content (AvgIpc) is 3.36. The molecular formula is C31H34N6O3S. The summed E-state index contributed by atoms with van der Waals surface area (Å²) in [7, 11) is 0. The summed E-state index contributed by atoms with van der Waals surface area (Å²) >= 11 is 1.65. The second kappa shape index (κ2) is 11.9. The van der Waals surface area contributed by atoms with Gasteiger partial charge in [0.15, 0.2) is 0 Å². The van der Waals surface area contributed by atoms with Gasteiger partial charge in [0, 0.05) is 54.4 Å². The zero-order chi connectivity index (χ0) is 28.3. The number of thiophene rings is 1. The first kappa shape index (κ1) is 27.3. The fourth-order valence-corrected chi connectivity index (χ4v) is 6.65. The van der Waals surface area contributed by atoms with E-state index in [-0.39, 0.29) is 11.8 Å². The number of hydrogen-bond donors (Lipinski definition) is 1. The third-order valence-electron chi connectivity index (χ3n) is 7.51. The quantitative estimate of drug-likeness (QED) is 0.288. The van der Waals surface area contributed by atoms with Crippen molar-refractivity contribution in [3.8, 4) is 11.5 Å². The standard InChI is InChI=1S/C31H34N6O3S/c1-20-15-23(7-9-25(20)40-24-8-6-22(3)32-16-24)35-30-29-28-21(2)17-37(18-26(28)41-31(29)34-19-33-30)27(38)5-4-10-36-11-13-39-14-12-36/h4-9,15-16,19,21H,10-14,17-18H2,1-3H3,(H,33,34,35)/t21-/m1/s1. The Morgan fingerprint density at radius 2 is 2.02 bits per heavy atom. The number of anilines is 2. The zero-order valence-electron chi connectivity index (χ0n) is 23.6. The molecule has 0 aliphatic carbocycles. The van der Waals surface area contributed by atoms with Gasteiger partial charge >= 0.3 is 0 Å². The van der Waals surface area contributed by atoms with Gasteiger partial charge in [0.05, 0.1) is 31.3 Å². The molecule has 0 radical (unpaired) electrons. The molecule has 5 heterocycles. The van der Waals surface area contributed by atoms with E-state index in [9.17, 15) is 4.79 Å². The van der Waals surface area contributed by atoms with Crippen LogP contribution in [-0.2, 0) is 16.1 Å². The lowest BCUT2D eigenvalue weighted by molar-refractivity contribution is -0.127. The van der Waals surface area contributed by atoms with Gasteiger partial charge in [0.25, 0.3) is 0 Å². The van der Waals surface area contributed by atoms with Crippen molar-refractivity contribution in [2.24, 2.45) is 0 Å². The number of carbonyl (C=O) groups excluding carboxylic acids is 1. The van der Waals surface area contributed by atoms with E-state index in [1.165, 1.54) is 10.4 Å². The maximum absolute atomic E-state index is 13.1. The van der Waals surface area contributed by atoms with Crippen LogP contribution >= 0.6 is 11.3 Å². The molecule has 9 nitrogen and oxygen atoms in total. The number of benzene rings is 1. The van der Waals surface area contributed by atoms with Crippen molar-refractivity contribution in [2.75, 3.05) is 44.7 Å². The highest BCUT2D eigenvalue weighted by Crippen LogP contribution is 2.42. The Morgan fingerprint density at radius 3 is 2.80 bits per heavy atom. The molecule has 0 saturated carbocycles. The lowest BCUT2D eigenvalue weighted by Crippen LogP contribution is -2.37. The van der Waals surface area contributed by atoms with E-state index in [1.54, 1.807) is 29.9 Å². The number of nitrogens with one attached hydrogen (secondary N) is 1. The molecule has 41 heavy (non-hydrogen) atoms. The number of rotatable bonds is 7. The molecule has 212 valence electrons. The number of hydrogen-bond acceptors (Lipinski definition) is 9. The van der Waals surface area contributed by atoms with Crippen LogP contribution in [0.4, 0.5) is 11.5 Å². The van der Waals surface area contributed by atoms with Gasteiger partial charge in [-0.3, -0.25) is 14.7 Å². The van der Waals surface area contributed by atoms with Crippen molar-refractivity contribution in [3.05, 3.63) is 76.7 Å². The number of carbonyl (C=O) groups is 1. The van der Waals surface area contributed by atoms with Crippen molar-refractivity contribution in [3.63, 3.8) is 0 Å². The second-order valence-corrected chi connectivity index (χ2v) is 11.7. The lowest BCUT2D eigenvalue weighted by atomic mass is 9.94. The molecule has 4 aromatic rings. The maximum atomic E-state index is 13.1. The molecule has 0 unspecified atom stereocenters. The number of nitrogens with zero attached hydrogens (tertiary/aromatic N) is 5. The molecule has 1 atom stereocenters. The molecule has 1 N–H and O–H groups in total. The molecule has 3 aromatic heterocycles. The second-order valence-electron chi connectivity index (χ2n) is 10.6. The highest BCUT2D eigenvalue weighted by Gasteiger charge is 2.30. The number of ether oxygens (including phenoxy) is 2. The van der Waals surface area contributed by atoms with Crippen LogP contribution in [0.15, 0.2) is 55.0 Å². The van der Waals surface area contributed by atoms with Gasteiger partial charge in [0.1, 0.15) is 28.5 Å². The first-order valence-corrected chi connectivity index (χ1v) is 14.8. The maximum Gasteiger partial charge on any atom is 0.246 e. The number of aromatic nitrogens is 3. The number of morpholine rings is 1. The molecule has 2 aliphatic rings. The predicted octanol–water partition coefficient (Wildman–Crippen LogP) is 5.57. The molecule has 0 spiro atoms. The SMILES string of the molecule is Cc1ccc(Oc2ccc(Nc3ncnc4sc5c(c34)[C@H](C)CN(C(=O)C=CCN3CCOCC3)C5)cc2C)cn1. The summed E-state index contributed by atoms with van der Waals surface area (Å²) in [6.45, 7) is 11.5. The number of amides is 1. The minimum Gasteiger partial charge on any atom is -0.455 e. The number of pyridine rings is 1.